The van der Waals surface area contributed by atoms with Crippen LogP contribution in [-0.2, 0) is 7.05 Å². The molecule has 2 N–H and O–H groups in total. The third kappa shape index (κ3) is 3.24. The number of carbonyl (C=O) groups is 1. The largest absolute Gasteiger partial charge is 0.360 e. The summed E-state index contributed by atoms with van der Waals surface area (Å²) in [6, 6.07) is 13.7. The normalized spacial score (nSPS) is 16.4. The van der Waals surface area contributed by atoms with Crippen molar-refractivity contribution in [3.05, 3.63) is 66.6 Å². The minimum atomic E-state index is -0.0327. The van der Waals surface area contributed by atoms with Crippen molar-refractivity contribution in [3.8, 4) is 11.4 Å². The molecule has 4 aromatic rings. The highest BCUT2D eigenvalue weighted by Crippen LogP contribution is 2.22. The van der Waals surface area contributed by atoms with Crippen molar-refractivity contribution in [1.82, 2.24) is 24.8 Å². The van der Waals surface area contributed by atoms with Gasteiger partial charge in [0.05, 0.1) is 11.4 Å². The summed E-state index contributed by atoms with van der Waals surface area (Å²) in [5, 5.41) is 4.16. The maximum absolute atomic E-state index is 12.9. The molecule has 1 aromatic carbocycles. The number of benzene rings is 1. The minimum absolute atomic E-state index is 0.0327. The molecule has 1 amide bonds. The molecule has 0 bridgehead atoms. The predicted octanol–water partition coefficient (Wildman–Crippen LogP) is 2.97. The SMILES string of the molecule is Cn1ccc2c(C(=O)NC3CCN(c4nccc(-c5ccc[nH]5)n4)C3)cccc21. The van der Waals surface area contributed by atoms with Crippen molar-refractivity contribution >= 4 is 22.8 Å². The number of amides is 1. The lowest BCUT2D eigenvalue weighted by Crippen LogP contribution is -2.37. The highest BCUT2D eigenvalue weighted by atomic mass is 16.1. The molecule has 1 unspecified atom stereocenters. The molecule has 7 heteroatoms. The second kappa shape index (κ2) is 7.09. The first-order chi connectivity index (χ1) is 14.2. The van der Waals surface area contributed by atoms with Gasteiger partial charge in [-0.15, -0.1) is 0 Å². The van der Waals surface area contributed by atoms with Crippen LogP contribution < -0.4 is 10.2 Å². The van der Waals surface area contributed by atoms with E-state index in [1.165, 1.54) is 0 Å². The minimum Gasteiger partial charge on any atom is -0.360 e. The number of nitrogens with zero attached hydrogens (tertiary/aromatic N) is 4. The smallest absolute Gasteiger partial charge is 0.252 e. The number of rotatable bonds is 4. The molecule has 146 valence electrons. The molecule has 1 aliphatic rings. The summed E-state index contributed by atoms with van der Waals surface area (Å²) < 4.78 is 2.03. The molecule has 7 nitrogen and oxygen atoms in total. The molecular formula is C22H22N6O. The van der Waals surface area contributed by atoms with Crippen LogP contribution in [0.15, 0.2) is 61.1 Å². The fraction of sp³-hybridized carbons (Fsp3) is 0.227. The molecule has 1 fully saturated rings. The van der Waals surface area contributed by atoms with Gasteiger partial charge in [0.2, 0.25) is 5.95 Å². The number of anilines is 1. The summed E-state index contributed by atoms with van der Waals surface area (Å²) in [6.07, 6.45) is 6.51. The van der Waals surface area contributed by atoms with Gasteiger partial charge in [0.1, 0.15) is 0 Å². The maximum Gasteiger partial charge on any atom is 0.252 e. The van der Waals surface area contributed by atoms with Gasteiger partial charge < -0.3 is 19.8 Å². The first-order valence-electron chi connectivity index (χ1n) is 9.76. The summed E-state index contributed by atoms with van der Waals surface area (Å²) in [5.41, 5.74) is 3.60. The number of aryl methyl sites for hydroxylation is 1. The summed E-state index contributed by atoms with van der Waals surface area (Å²) >= 11 is 0. The van der Waals surface area contributed by atoms with Crippen molar-refractivity contribution in [3.63, 3.8) is 0 Å². The van der Waals surface area contributed by atoms with E-state index >= 15 is 0 Å². The quantitative estimate of drug-likeness (QED) is 0.565. The van der Waals surface area contributed by atoms with Crippen molar-refractivity contribution < 1.29 is 4.79 Å². The molecule has 0 spiro atoms. The van der Waals surface area contributed by atoms with E-state index in [2.05, 4.69) is 25.2 Å². The fourth-order valence-electron chi connectivity index (χ4n) is 3.96. The average molecular weight is 386 g/mol. The number of aromatic amines is 1. The van der Waals surface area contributed by atoms with Gasteiger partial charge in [-0.25, -0.2) is 9.97 Å². The molecule has 0 saturated carbocycles. The Kier molecular flexibility index (Phi) is 4.27. The molecule has 3 aromatic heterocycles. The van der Waals surface area contributed by atoms with Gasteiger partial charge >= 0.3 is 0 Å². The van der Waals surface area contributed by atoms with Crippen LogP contribution in [0.3, 0.4) is 0 Å². The molecule has 0 aliphatic carbocycles. The van der Waals surface area contributed by atoms with Gasteiger partial charge in [-0.05, 0) is 42.8 Å². The van der Waals surface area contributed by atoms with Gasteiger partial charge in [-0.3, -0.25) is 4.79 Å². The van der Waals surface area contributed by atoms with Gasteiger partial charge in [-0.1, -0.05) is 6.07 Å². The Bertz CT molecular complexity index is 1160. The predicted molar refractivity (Wildman–Crippen MR) is 113 cm³/mol. The molecule has 1 aliphatic heterocycles. The second-order valence-electron chi connectivity index (χ2n) is 7.40. The van der Waals surface area contributed by atoms with Crippen molar-refractivity contribution in [2.75, 3.05) is 18.0 Å². The van der Waals surface area contributed by atoms with E-state index in [0.29, 0.717) is 18.1 Å². The fourth-order valence-corrected chi connectivity index (χ4v) is 3.96. The number of hydrogen-bond acceptors (Lipinski definition) is 4. The Labute approximate surface area is 168 Å². The Morgan fingerprint density at radius 1 is 1.21 bits per heavy atom. The van der Waals surface area contributed by atoms with Crippen LogP contribution in [0, 0.1) is 0 Å². The second-order valence-corrected chi connectivity index (χ2v) is 7.40. The highest BCUT2D eigenvalue weighted by Gasteiger charge is 2.26. The lowest BCUT2D eigenvalue weighted by molar-refractivity contribution is 0.0942. The van der Waals surface area contributed by atoms with Crippen LogP contribution in [0.25, 0.3) is 22.3 Å². The van der Waals surface area contributed by atoms with E-state index in [1.54, 1.807) is 6.20 Å². The number of carbonyl (C=O) groups excluding carboxylic acids is 1. The number of hydrogen-bond donors (Lipinski definition) is 2. The Morgan fingerprint density at radius 3 is 3.00 bits per heavy atom. The molecule has 4 heterocycles. The first kappa shape index (κ1) is 17.5. The third-order valence-corrected chi connectivity index (χ3v) is 5.50. The number of nitrogens with one attached hydrogen (secondary N) is 2. The van der Waals surface area contributed by atoms with E-state index in [9.17, 15) is 4.79 Å². The molecule has 1 atom stereocenters. The van der Waals surface area contributed by atoms with Crippen molar-refractivity contribution in [2.24, 2.45) is 7.05 Å². The lowest BCUT2D eigenvalue weighted by Gasteiger charge is -2.17. The zero-order chi connectivity index (χ0) is 19.8. The molecule has 0 radical (unpaired) electrons. The van der Waals surface area contributed by atoms with Crippen LogP contribution in [0.4, 0.5) is 5.95 Å². The van der Waals surface area contributed by atoms with E-state index in [0.717, 1.165) is 35.3 Å². The number of H-pyrrole nitrogens is 1. The van der Waals surface area contributed by atoms with Crippen LogP contribution in [0.2, 0.25) is 0 Å². The Morgan fingerprint density at radius 2 is 2.14 bits per heavy atom. The standard InChI is InChI=1S/C22H22N6O/c1-27-12-9-16-17(4-2-6-20(16)27)21(29)25-15-8-13-28(14-15)22-24-11-7-19(26-22)18-5-3-10-23-18/h2-7,9-12,15,23H,8,13-14H2,1H3,(H,25,29). The average Bonchev–Trinajstić information content (AvgIpc) is 3.50. The topological polar surface area (TPSA) is 78.8 Å². The van der Waals surface area contributed by atoms with Gasteiger partial charge in [0.15, 0.2) is 0 Å². The lowest BCUT2D eigenvalue weighted by atomic mass is 10.1. The molecule has 1 saturated heterocycles. The van der Waals surface area contributed by atoms with E-state index in [4.69, 9.17) is 0 Å². The van der Waals surface area contributed by atoms with Crippen LogP contribution in [0.1, 0.15) is 16.8 Å². The monoisotopic (exact) mass is 386 g/mol. The van der Waals surface area contributed by atoms with Gasteiger partial charge in [-0.2, -0.15) is 0 Å². The zero-order valence-corrected chi connectivity index (χ0v) is 16.2. The molecule has 5 rings (SSSR count). The van der Waals surface area contributed by atoms with Crippen LogP contribution >= 0.6 is 0 Å². The zero-order valence-electron chi connectivity index (χ0n) is 16.2. The van der Waals surface area contributed by atoms with Gasteiger partial charge in [0, 0.05) is 61.2 Å². The van der Waals surface area contributed by atoms with Crippen LogP contribution in [0.5, 0.6) is 0 Å². The van der Waals surface area contributed by atoms with Crippen molar-refractivity contribution in [1.29, 1.82) is 0 Å². The number of aromatic nitrogens is 4. The third-order valence-electron chi connectivity index (χ3n) is 5.50. The Hall–Kier alpha value is -3.61. The van der Waals surface area contributed by atoms with Gasteiger partial charge in [0.25, 0.3) is 5.91 Å². The maximum atomic E-state index is 12.9. The summed E-state index contributed by atoms with van der Waals surface area (Å²) in [4.78, 5) is 27.3. The summed E-state index contributed by atoms with van der Waals surface area (Å²) in [7, 11) is 1.99. The van der Waals surface area contributed by atoms with E-state index in [-0.39, 0.29) is 11.9 Å². The van der Waals surface area contributed by atoms with E-state index in [1.807, 2.05) is 66.5 Å². The molecular weight excluding hydrogens is 364 g/mol. The van der Waals surface area contributed by atoms with Crippen molar-refractivity contribution in [2.45, 2.75) is 12.5 Å². The van der Waals surface area contributed by atoms with E-state index < -0.39 is 0 Å². The first-order valence-corrected chi connectivity index (χ1v) is 9.76. The summed E-state index contributed by atoms with van der Waals surface area (Å²) in [6.45, 7) is 1.51. The summed E-state index contributed by atoms with van der Waals surface area (Å²) in [5.74, 6) is 0.661. The van der Waals surface area contributed by atoms with Crippen LogP contribution in [-0.4, -0.2) is 44.6 Å². The highest BCUT2D eigenvalue weighted by molar-refractivity contribution is 6.06. The molecule has 29 heavy (non-hydrogen) atoms. The number of fused-ring (bicyclic) bond motifs is 1. The Balaban J connectivity index is 1.30.